The van der Waals surface area contributed by atoms with Crippen molar-refractivity contribution in [3.8, 4) is 0 Å². The lowest BCUT2D eigenvalue weighted by atomic mass is 10.0. The van der Waals surface area contributed by atoms with E-state index in [2.05, 4.69) is 33.4 Å². The second-order valence-electron chi connectivity index (χ2n) is 5.08. The summed E-state index contributed by atoms with van der Waals surface area (Å²) in [5, 5.41) is 12.0. The van der Waals surface area contributed by atoms with Gasteiger partial charge in [-0.15, -0.1) is 5.10 Å². The van der Waals surface area contributed by atoms with E-state index in [0.717, 1.165) is 31.1 Å². The Hall–Kier alpha value is -1.16. The van der Waals surface area contributed by atoms with Crippen molar-refractivity contribution in [2.75, 3.05) is 24.5 Å². The third-order valence-corrected chi connectivity index (χ3v) is 3.51. The zero-order valence-electron chi connectivity index (χ0n) is 11.5. The smallest absolute Gasteiger partial charge is 0.151 e. The first-order valence-corrected chi connectivity index (χ1v) is 7.09. The minimum Gasteiger partial charge on any atom is -0.351 e. The number of nitrogens with one attached hydrogen (secondary N) is 1. The first-order chi connectivity index (χ1) is 8.81. The highest BCUT2D eigenvalue weighted by atomic mass is 15.3. The fourth-order valence-electron chi connectivity index (χ4n) is 2.50. The average molecular weight is 248 g/mol. The van der Waals surface area contributed by atoms with Gasteiger partial charge in [-0.2, -0.15) is 5.10 Å². The Kier molecular flexibility index (Phi) is 4.93. The standard InChI is InChI=1S/C14H24N4/c1-3-9-15-11-13-6-4-5-10-18(13)14-8-7-12(2)16-17-14/h7-8,13,15H,3-6,9-11H2,1-2H3. The molecule has 0 amide bonds. The Morgan fingerprint density at radius 3 is 2.94 bits per heavy atom. The van der Waals surface area contributed by atoms with E-state index in [-0.39, 0.29) is 0 Å². The Bertz CT molecular complexity index is 349. The highest BCUT2D eigenvalue weighted by molar-refractivity contribution is 5.39. The molecule has 18 heavy (non-hydrogen) atoms. The molecule has 4 heteroatoms. The molecule has 1 saturated heterocycles. The first kappa shape index (κ1) is 13.3. The summed E-state index contributed by atoms with van der Waals surface area (Å²) in [4.78, 5) is 2.42. The van der Waals surface area contributed by atoms with E-state index in [1.165, 1.54) is 25.7 Å². The van der Waals surface area contributed by atoms with E-state index in [0.29, 0.717) is 6.04 Å². The van der Waals surface area contributed by atoms with Crippen molar-refractivity contribution in [2.45, 2.75) is 45.6 Å². The largest absolute Gasteiger partial charge is 0.351 e. The molecule has 0 aliphatic carbocycles. The second kappa shape index (κ2) is 6.69. The predicted molar refractivity (Wildman–Crippen MR) is 74.9 cm³/mol. The first-order valence-electron chi connectivity index (χ1n) is 7.09. The molecule has 100 valence electrons. The molecule has 2 rings (SSSR count). The van der Waals surface area contributed by atoms with Crippen LogP contribution in [0.25, 0.3) is 0 Å². The van der Waals surface area contributed by atoms with Crippen LogP contribution in [0.1, 0.15) is 38.3 Å². The number of piperidine rings is 1. The van der Waals surface area contributed by atoms with E-state index in [4.69, 9.17) is 0 Å². The van der Waals surface area contributed by atoms with Crippen LogP contribution in [0.5, 0.6) is 0 Å². The van der Waals surface area contributed by atoms with Crippen LogP contribution in [-0.4, -0.2) is 35.9 Å². The van der Waals surface area contributed by atoms with Crippen LogP contribution in [0.15, 0.2) is 12.1 Å². The molecule has 1 fully saturated rings. The highest BCUT2D eigenvalue weighted by Crippen LogP contribution is 2.22. The molecule has 0 saturated carbocycles. The summed E-state index contributed by atoms with van der Waals surface area (Å²) >= 11 is 0. The van der Waals surface area contributed by atoms with Crippen molar-refractivity contribution in [3.63, 3.8) is 0 Å². The normalized spacial score (nSPS) is 20.1. The zero-order chi connectivity index (χ0) is 12.8. The zero-order valence-corrected chi connectivity index (χ0v) is 11.5. The van der Waals surface area contributed by atoms with Crippen LogP contribution < -0.4 is 10.2 Å². The van der Waals surface area contributed by atoms with Gasteiger partial charge < -0.3 is 10.2 Å². The maximum absolute atomic E-state index is 4.33. The summed E-state index contributed by atoms with van der Waals surface area (Å²) in [7, 11) is 0. The third-order valence-electron chi connectivity index (χ3n) is 3.51. The number of hydrogen-bond acceptors (Lipinski definition) is 4. The summed E-state index contributed by atoms with van der Waals surface area (Å²) in [6.07, 6.45) is 5.04. The molecule has 1 N–H and O–H groups in total. The Balaban J connectivity index is 2.00. The van der Waals surface area contributed by atoms with Crippen molar-refractivity contribution in [1.29, 1.82) is 0 Å². The minimum atomic E-state index is 0.572. The molecular formula is C14H24N4. The Morgan fingerprint density at radius 2 is 2.22 bits per heavy atom. The van der Waals surface area contributed by atoms with Crippen LogP contribution >= 0.6 is 0 Å². The van der Waals surface area contributed by atoms with E-state index in [1.54, 1.807) is 0 Å². The number of anilines is 1. The van der Waals surface area contributed by atoms with Gasteiger partial charge in [-0.1, -0.05) is 6.92 Å². The van der Waals surface area contributed by atoms with Gasteiger partial charge in [0.1, 0.15) is 0 Å². The number of rotatable bonds is 5. The lowest BCUT2D eigenvalue weighted by molar-refractivity contribution is 0.432. The monoisotopic (exact) mass is 248 g/mol. The molecule has 1 aliphatic heterocycles. The minimum absolute atomic E-state index is 0.572. The summed E-state index contributed by atoms with van der Waals surface area (Å²) in [5.41, 5.74) is 0.983. The van der Waals surface area contributed by atoms with Crippen molar-refractivity contribution in [3.05, 3.63) is 17.8 Å². The molecule has 0 radical (unpaired) electrons. The van der Waals surface area contributed by atoms with E-state index in [1.807, 2.05) is 13.0 Å². The lowest BCUT2D eigenvalue weighted by Gasteiger charge is -2.36. The van der Waals surface area contributed by atoms with Crippen molar-refractivity contribution in [2.24, 2.45) is 0 Å². The van der Waals surface area contributed by atoms with Gasteiger partial charge in [0.15, 0.2) is 5.82 Å². The molecule has 1 aliphatic rings. The van der Waals surface area contributed by atoms with Crippen LogP contribution in [0, 0.1) is 6.92 Å². The topological polar surface area (TPSA) is 41.0 Å². The fraction of sp³-hybridized carbons (Fsp3) is 0.714. The van der Waals surface area contributed by atoms with Crippen LogP contribution in [0.3, 0.4) is 0 Å². The molecule has 4 nitrogen and oxygen atoms in total. The van der Waals surface area contributed by atoms with Gasteiger partial charge in [-0.05, 0) is 51.3 Å². The van der Waals surface area contributed by atoms with Crippen molar-refractivity contribution >= 4 is 5.82 Å². The quantitative estimate of drug-likeness (QED) is 0.811. The lowest BCUT2D eigenvalue weighted by Crippen LogP contribution is -2.46. The van der Waals surface area contributed by atoms with Gasteiger partial charge in [-0.3, -0.25) is 0 Å². The molecule has 2 heterocycles. The van der Waals surface area contributed by atoms with Crippen LogP contribution in [-0.2, 0) is 0 Å². The van der Waals surface area contributed by atoms with E-state index < -0.39 is 0 Å². The predicted octanol–water partition coefficient (Wildman–Crippen LogP) is 2.14. The third kappa shape index (κ3) is 3.42. The molecule has 1 aromatic heterocycles. The molecule has 1 aromatic rings. The van der Waals surface area contributed by atoms with E-state index in [9.17, 15) is 0 Å². The van der Waals surface area contributed by atoms with Crippen LogP contribution in [0.2, 0.25) is 0 Å². The number of nitrogens with zero attached hydrogens (tertiary/aromatic N) is 3. The molecule has 0 bridgehead atoms. The fourth-order valence-corrected chi connectivity index (χ4v) is 2.50. The number of aromatic nitrogens is 2. The van der Waals surface area contributed by atoms with Gasteiger partial charge in [0.05, 0.1) is 5.69 Å². The number of aryl methyl sites for hydroxylation is 1. The molecule has 1 unspecified atom stereocenters. The maximum Gasteiger partial charge on any atom is 0.151 e. The average Bonchev–Trinajstić information content (AvgIpc) is 2.41. The van der Waals surface area contributed by atoms with E-state index >= 15 is 0 Å². The Labute approximate surface area is 110 Å². The van der Waals surface area contributed by atoms with Gasteiger partial charge >= 0.3 is 0 Å². The summed E-state index contributed by atoms with van der Waals surface area (Å²) in [6, 6.07) is 4.72. The molecule has 0 spiro atoms. The van der Waals surface area contributed by atoms with Gasteiger partial charge in [-0.25, -0.2) is 0 Å². The molecule has 0 aromatic carbocycles. The molecular weight excluding hydrogens is 224 g/mol. The van der Waals surface area contributed by atoms with Gasteiger partial charge in [0, 0.05) is 19.1 Å². The summed E-state index contributed by atoms with van der Waals surface area (Å²) in [5.74, 6) is 1.03. The van der Waals surface area contributed by atoms with Crippen LogP contribution in [0.4, 0.5) is 5.82 Å². The maximum atomic E-state index is 4.33. The summed E-state index contributed by atoms with van der Waals surface area (Å²) in [6.45, 7) is 7.45. The Morgan fingerprint density at radius 1 is 1.33 bits per heavy atom. The van der Waals surface area contributed by atoms with Crippen molar-refractivity contribution in [1.82, 2.24) is 15.5 Å². The SMILES string of the molecule is CCCNCC1CCCCN1c1ccc(C)nn1. The second-order valence-corrected chi connectivity index (χ2v) is 5.08. The highest BCUT2D eigenvalue weighted by Gasteiger charge is 2.23. The molecule has 1 atom stereocenters. The van der Waals surface area contributed by atoms with Gasteiger partial charge in [0.25, 0.3) is 0 Å². The summed E-state index contributed by atoms with van der Waals surface area (Å²) < 4.78 is 0. The number of hydrogen-bond donors (Lipinski definition) is 1. The van der Waals surface area contributed by atoms with Crippen molar-refractivity contribution < 1.29 is 0 Å². The van der Waals surface area contributed by atoms with Gasteiger partial charge in [0.2, 0.25) is 0 Å².